The van der Waals surface area contributed by atoms with E-state index in [1.165, 1.54) is 19.3 Å². The van der Waals surface area contributed by atoms with Gasteiger partial charge in [-0.1, -0.05) is 20.3 Å². The highest BCUT2D eigenvalue weighted by molar-refractivity contribution is 5.74. The lowest BCUT2D eigenvalue weighted by atomic mass is 9.67. The number of hydrogen-bond donors (Lipinski definition) is 2. The van der Waals surface area contributed by atoms with Crippen molar-refractivity contribution in [1.82, 2.24) is 15.5 Å². The summed E-state index contributed by atoms with van der Waals surface area (Å²) in [4.78, 5) is 13.9. The number of nitrogens with zero attached hydrogens (tertiary/aromatic N) is 1. The van der Waals surface area contributed by atoms with Crippen LogP contribution in [0.3, 0.4) is 0 Å². The van der Waals surface area contributed by atoms with Crippen LogP contribution in [-0.2, 0) is 0 Å². The van der Waals surface area contributed by atoms with Crippen molar-refractivity contribution in [2.75, 3.05) is 32.7 Å². The van der Waals surface area contributed by atoms with Crippen LogP contribution in [0.1, 0.15) is 33.1 Å². The van der Waals surface area contributed by atoms with Crippen LogP contribution in [0.2, 0.25) is 0 Å². The Kier molecular flexibility index (Phi) is 3.92. The summed E-state index contributed by atoms with van der Waals surface area (Å²) in [5.41, 5.74) is 0.252. The summed E-state index contributed by atoms with van der Waals surface area (Å²) in [5, 5.41) is 6.36. The van der Waals surface area contributed by atoms with Gasteiger partial charge in [0.1, 0.15) is 0 Å². The lowest BCUT2D eigenvalue weighted by molar-refractivity contribution is 0.116. The quantitative estimate of drug-likeness (QED) is 0.782. The summed E-state index contributed by atoms with van der Waals surface area (Å²) in [6, 6.07) is 0.110. The van der Waals surface area contributed by atoms with Crippen molar-refractivity contribution in [2.24, 2.45) is 11.3 Å². The van der Waals surface area contributed by atoms with Crippen LogP contribution in [0.25, 0.3) is 0 Å². The van der Waals surface area contributed by atoms with Gasteiger partial charge >= 0.3 is 6.03 Å². The van der Waals surface area contributed by atoms with E-state index in [1.807, 2.05) is 4.90 Å². The van der Waals surface area contributed by atoms with E-state index in [2.05, 4.69) is 24.5 Å². The summed E-state index contributed by atoms with van der Waals surface area (Å²) >= 11 is 0. The van der Waals surface area contributed by atoms with Gasteiger partial charge in [-0.15, -0.1) is 0 Å². The van der Waals surface area contributed by atoms with E-state index in [9.17, 15) is 4.79 Å². The molecule has 1 saturated carbocycles. The molecule has 2 fully saturated rings. The normalized spacial score (nSPS) is 22.1. The molecule has 0 bridgehead atoms. The first-order valence-electron chi connectivity index (χ1n) is 6.83. The Morgan fingerprint density at radius 3 is 2.53 bits per heavy atom. The minimum Gasteiger partial charge on any atom is -0.337 e. The van der Waals surface area contributed by atoms with Gasteiger partial charge in [0.25, 0.3) is 0 Å². The van der Waals surface area contributed by atoms with Crippen molar-refractivity contribution in [3.8, 4) is 0 Å². The molecule has 98 valence electrons. The van der Waals surface area contributed by atoms with E-state index >= 15 is 0 Å². The molecule has 2 rings (SSSR count). The van der Waals surface area contributed by atoms with Gasteiger partial charge in [0.15, 0.2) is 0 Å². The number of nitrogens with one attached hydrogen (secondary N) is 2. The molecule has 2 aliphatic rings. The highest BCUT2D eigenvalue weighted by Crippen LogP contribution is 2.41. The van der Waals surface area contributed by atoms with Crippen LogP contribution >= 0.6 is 0 Å². The molecule has 0 aromatic rings. The first kappa shape index (κ1) is 12.7. The maximum absolute atomic E-state index is 12.0. The number of carbonyl (C=O) groups is 1. The van der Waals surface area contributed by atoms with Gasteiger partial charge in [-0.2, -0.15) is 0 Å². The largest absolute Gasteiger partial charge is 0.337 e. The van der Waals surface area contributed by atoms with E-state index in [-0.39, 0.29) is 11.4 Å². The molecule has 0 unspecified atom stereocenters. The lowest BCUT2D eigenvalue weighted by Crippen LogP contribution is -2.52. The molecule has 0 atom stereocenters. The minimum atomic E-state index is 0.110. The Morgan fingerprint density at radius 2 is 2.00 bits per heavy atom. The topological polar surface area (TPSA) is 44.4 Å². The molecule has 0 radical (unpaired) electrons. The number of piperazine rings is 1. The Bertz CT molecular complexity index is 268. The average molecular weight is 239 g/mol. The third-order valence-corrected chi connectivity index (χ3v) is 4.31. The summed E-state index contributed by atoms with van der Waals surface area (Å²) in [5.74, 6) is 0.797. The predicted octanol–water partition coefficient (Wildman–Crippen LogP) is 1.43. The van der Waals surface area contributed by atoms with Gasteiger partial charge in [0.2, 0.25) is 0 Å². The monoisotopic (exact) mass is 239 g/mol. The molecule has 1 aliphatic carbocycles. The average Bonchev–Trinajstić information content (AvgIpc) is 2.24. The van der Waals surface area contributed by atoms with E-state index in [1.54, 1.807) is 0 Å². The smallest absolute Gasteiger partial charge is 0.317 e. The summed E-state index contributed by atoms with van der Waals surface area (Å²) in [7, 11) is 0. The van der Waals surface area contributed by atoms with Gasteiger partial charge in [0.05, 0.1) is 0 Å². The van der Waals surface area contributed by atoms with Gasteiger partial charge in [-0.3, -0.25) is 0 Å². The highest BCUT2D eigenvalue weighted by atomic mass is 16.2. The number of amides is 2. The van der Waals surface area contributed by atoms with Crippen LogP contribution in [0.4, 0.5) is 4.79 Å². The molecule has 1 heterocycles. The molecule has 2 amide bonds. The number of hydrogen-bond acceptors (Lipinski definition) is 2. The molecule has 0 spiro atoms. The van der Waals surface area contributed by atoms with Crippen molar-refractivity contribution in [3.63, 3.8) is 0 Å². The number of carbonyl (C=O) groups excluding carboxylic acids is 1. The van der Waals surface area contributed by atoms with Crippen molar-refractivity contribution in [3.05, 3.63) is 0 Å². The zero-order valence-corrected chi connectivity index (χ0v) is 11.1. The SMILES string of the molecule is CC(C)(CNC(=O)N1CCNCC1)C1CCC1. The summed E-state index contributed by atoms with van der Waals surface area (Å²) in [6.07, 6.45) is 4.02. The van der Waals surface area contributed by atoms with Crippen molar-refractivity contribution >= 4 is 6.03 Å². The van der Waals surface area contributed by atoms with Crippen molar-refractivity contribution in [2.45, 2.75) is 33.1 Å². The van der Waals surface area contributed by atoms with Crippen LogP contribution in [0.15, 0.2) is 0 Å². The Hall–Kier alpha value is -0.770. The zero-order valence-electron chi connectivity index (χ0n) is 11.1. The predicted molar refractivity (Wildman–Crippen MR) is 69.0 cm³/mol. The molecule has 1 saturated heterocycles. The Labute approximate surface area is 104 Å². The standard InChI is InChI=1S/C13H25N3O/c1-13(2,11-4-3-5-11)10-15-12(17)16-8-6-14-7-9-16/h11,14H,3-10H2,1-2H3,(H,15,17). The summed E-state index contributed by atoms with van der Waals surface area (Å²) < 4.78 is 0. The highest BCUT2D eigenvalue weighted by Gasteiger charge is 2.34. The number of urea groups is 1. The maximum Gasteiger partial charge on any atom is 0.317 e. The third-order valence-electron chi connectivity index (χ3n) is 4.31. The van der Waals surface area contributed by atoms with Crippen molar-refractivity contribution < 1.29 is 4.79 Å². The molecule has 1 aliphatic heterocycles. The van der Waals surface area contributed by atoms with Gasteiger partial charge in [-0.05, 0) is 24.2 Å². The lowest BCUT2D eigenvalue weighted by Gasteiger charge is -2.41. The van der Waals surface area contributed by atoms with Gasteiger partial charge in [-0.25, -0.2) is 4.79 Å². The first-order valence-corrected chi connectivity index (χ1v) is 6.83. The molecule has 0 aromatic heterocycles. The third kappa shape index (κ3) is 3.12. The van der Waals surface area contributed by atoms with E-state index in [0.717, 1.165) is 38.6 Å². The molecular formula is C13H25N3O. The van der Waals surface area contributed by atoms with Crippen LogP contribution in [0.5, 0.6) is 0 Å². The fourth-order valence-corrected chi connectivity index (χ4v) is 2.62. The molecule has 4 nitrogen and oxygen atoms in total. The molecule has 4 heteroatoms. The number of rotatable bonds is 3. The van der Waals surface area contributed by atoms with Crippen LogP contribution in [-0.4, -0.2) is 43.7 Å². The van der Waals surface area contributed by atoms with E-state index < -0.39 is 0 Å². The van der Waals surface area contributed by atoms with Gasteiger partial charge in [0, 0.05) is 32.7 Å². The molecule has 0 aromatic carbocycles. The van der Waals surface area contributed by atoms with E-state index in [4.69, 9.17) is 0 Å². The second kappa shape index (κ2) is 5.25. The van der Waals surface area contributed by atoms with E-state index in [0.29, 0.717) is 0 Å². The van der Waals surface area contributed by atoms with Crippen LogP contribution in [0, 0.1) is 11.3 Å². The fourth-order valence-electron chi connectivity index (χ4n) is 2.62. The van der Waals surface area contributed by atoms with Crippen LogP contribution < -0.4 is 10.6 Å². The minimum absolute atomic E-state index is 0.110. The second-order valence-electron chi connectivity index (χ2n) is 6.01. The second-order valence-corrected chi connectivity index (χ2v) is 6.01. The Balaban J connectivity index is 1.74. The molecule has 17 heavy (non-hydrogen) atoms. The summed E-state index contributed by atoms with van der Waals surface area (Å²) in [6.45, 7) is 8.84. The molecule has 2 N–H and O–H groups in total. The first-order chi connectivity index (χ1) is 8.09. The van der Waals surface area contributed by atoms with Crippen molar-refractivity contribution in [1.29, 1.82) is 0 Å². The fraction of sp³-hybridized carbons (Fsp3) is 0.923. The zero-order chi connectivity index (χ0) is 12.3. The maximum atomic E-state index is 12.0. The molecular weight excluding hydrogens is 214 g/mol. The Morgan fingerprint density at radius 1 is 1.35 bits per heavy atom. The van der Waals surface area contributed by atoms with Gasteiger partial charge < -0.3 is 15.5 Å².